The maximum absolute atomic E-state index is 13.9. The number of halogens is 6. The molecule has 1 N–H and O–H groups in total. The fourth-order valence-corrected chi connectivity index (χ4v) is 5.11. The highest BCUT2D eigenvalue weighted by Gasteiger charge is 2.41. The van der Waals surface area contributed by atoms with Crippen LogP contribution in [0.4, 0.5) is 37.8 Å². The number of hydrogen-bond donors (Lipinski definition) is 1. The molecule has 4 rings (SSSR count). The number of rotatable bonds is 6. The second-order valence-corrected chi connectivity index (χ2v) is 10.9. The van der Waals surface area contributed by atoms with Crippen molar-refractivity contribution < 1.29 is 41.0 Å². The Balaban J connectivity index is 1.83. The molecule has 224 valence electrons. The van der Waals surface area contributed by atoms with Crippen LogP contribution in [0.25, 0.3) is 11.1 Å². The smallest absolute Gasteiger partial charge is 0.394 e. The molecule has 0 saturated carbocycles. The van der Waals surface area contributed by atoms with Gasteiger partial charge in [0, 0.05) is 19.0 Å². The third-order valence-corrected chi connectivity index (χ3v) is 7.57. The Kier molecular flexibility index (Phi) is 8.16. The van der Waals surface area contributed by atoms with Crippen molar-refractivity contribution in [2.24, 2.45) is 0 Å². The third kappa shape index (κ3) is 5.99. The van der Waals surface area contributed by atoms with E-state index >= 15 is 0 Å². The van der Waals surface area contributed by atoms with Gasteiger partial charge in [0.25, 0.3) is 0 Å². The highest BCUT2D eigenvalue weighted by molar-refractivity contribution is 6.03. The summed E-state index contributed by atoms with van der Waals surface area (Å²) in [6.07, 6.45) is -8.62. The molecule has 1 fully saturated rings. The molecular weight excluding hydrogens is 564 g/mol. The normalized spacial score (nSPS) is 16.2. The number of amides is 1. The predicted octanol–water partition coefficient (Wildman–Crippen LogP) is 6.18. The summed E-state index contributed by atoms with van der Waals surface area (Å²) < 4.78 is 81.4. The Bertz CT molecular complexity index is 1480. The van der Waals surface area contributed by atoms with Gasteiger partial charge in [-0.2, -0.15) is 26.3 Å². The van der Waals surface area contributed by atoms with Gasteiger partial charge in [-0.15, -0.1) is 0 Å². The van der Waals surface area contributed by atoms with Crippen LogP contribution in [-0.4, -0.2) is 48.0 Å². The fraction of sp³-hybridized carbons (Fsp3) is 0.367. The summed E-state index contributed by atoms with van der Waals surface area (Å²) in [4.78, 5) is 33.2. The first kappa shape index (κ1) is 31.0. The number of nitrogens with zero attached hydrogens (tertiary/aromatic N) is 3. The first-order valence-electron chi connectivity index (χ1n) is 13.0. The molecule has 1 atom stereocenters. The number of likely N-dealkylation sites (N-methyl/N-ethyl adjacent to an activating group) is 1. The highest BCUT2D eigenvalue weighted by Crippen LogP contribution is 2.41. The van der Waals surface area contributed by atoms with Crippen molar-refractivity contribution in [1.29, 1.82) is 0 Å². The molecule has 6 nitrogen and oxygen atoms in total. The number of carbonyl (C=O) groups excluding carboxylic acids is 2. The van der Waals surface area contributed by atoms with E-state index in [4.69, 9.17) is 0 Å². The highest BCUT2D eigenvalue weighted by atomic mass is 19.4. The summed E-state index contributed by atoms with van der Waals surface area (Å²) >= 11 is 0. The molecule has 1 aromatic heterocycles. The van der Waals surface area contributed by atoms with Gasteiger partial charge in [-0.3, -0.25) is 9.59 Å². The zero-order chi connectivity index (χ0) is 31.2. The van der Waals surface area contributed by atoms with E-state index in [2.05, 4.69) is 4.98 Å². The first-order valence-corrected chi connectivity index (χ1v) is 13.0. The molecule has 0 aliphatic carbocycles. The van der Waals surface area contributed by atoms with Crippen LogP contribution < -0.4 is 9.80 Å². The lowest BCUT2D eigenvalue weighted by molar-refractivity contribution is -0.143. The molecule has 2 aromatic carbocycles. The molecular formula is C30H29F6N3O3. The number of ketones is 1. The number of Topliss-reactive ketones (excluding diaryl/α,β-unsaturated/α-hetero) is 1. The van der Waals surface area contributed by atoms with Gasteiger partial charge in [-0.1, -0.05) is 24.3 Å². The maximum Gasteiger partial charge on any atom is 0.416 e. The molecule has 1 aliphatic heterocycles. The number of aliphatic hydroxyl groups excluding tert-OH is 1. The Morgan fingerprint density at radius 3 is 2.10 bits per heavy atom. The Morgan fingerprint density at radius 2 is 1.55 bits per heavy atom. The van der Waals surface area contributed by atoms with Crippen LogP contribution in [0.3, 0.4) is 0 Å². The average molecular weight is 594 g/mol. The number of benzene rings is 2. The largest absolute Gasteiger partial charge is 0.416 e. The predicted molar refractivity (Wildman–Crippen MR) is 145 cm³/mol. The lowest BCUT2D eigenvalue weighted by Crippen LogP contribution is -2.42. The Hall–Kier alpha value is -3.93. The van der Waals surface area contributed by atoms with E-state index in [1.54, 1.807) is 23.1 Å². The topological polar surface area (TPSA) is 73.7 Å². The summed E-state index contributed by atoms with van der Waals surface area (Å²) in [5, 5.41) is 9.78. The average Bonchev–Trinajstić information content (AvgIpc) is 3.31. The summed E-state index contributed by atoms with van der Waals surface area (Å²) in [7, 11) is 1.37. The van der Waals surface area contributed by atoms with Crippen LogP contribution in [0.1, 0.15) is 42.5 Å². The van der Waals surface area contributed by atoms with Gasteiger partial charge in [-0.05, 0) is 61.7 Å². The second-order valence-electron chi connectivity index (χ2n) is 10.9. The number of pyridine rings is 1. The fourth-order valence-electron chi connectivity index (χ4n) is 5.11. The van der Waals surface area contributed by atoms with E-state index in [0.29, 0.717) is 29.1 Å². The summed E-state index contributed by atoms with van der Waals surface area (Å²) in [6.45, 7) is 4.11. The molecule has 0 spiro atoms. The number of aromatic nitrogens is 1. The lowest BCUT2D eigenvalue weighted by Gasteiger charge is -2.32. The van der Waals surface area contributed by atoms with E-state index in [0.717, 1.165) is 10.5 Å². The zero-order valence-electron chi connectivity index (χ0n) is 23.3. The molecule has 12 heteroatoms. The van der Waals surface area contributed by atoms with Gasteiger partial charge < -0.3 is 14.9 Å². The van der Waals surface area contributed by atoms with Crippen LogP contribution >= 0.6 is 0 Å². The molecule has 2 heterocycles. The van der Waals surface area contributed by atoms with E-state index in [1.165, 1.54) is 27.1 Å². The van der Waals surface area contributed by atoms with E-state index in [-0.39, 0.29) is 37.1 Å². The standard InChI is InChI=1S/C30H29F6N3O3/c1-17-7-5-6-8-23(17)24-13-26(39-15-22(41)12-21(39)16-40)37-14-25(24)38(4)27(42)28(2,3)18-9-19(29(31,32)33)11-20(10-18)30(34,35)36/h5-11,13-14,21,40H,12,15-16H2,1-4H3/t21-/m0/s1. The van der Waals surface area contributed by atoms with Crippen molar-refractivity contribution >= 4 is 23.2 Å². The van der Waals surface area contributed by atoms with E-state index in [9.17, 15) is 41.0 Å². The second kappa shape index (κ2) is 11.0. The summed E-state index contributed by atoms with van der Waals surface area (Å²) in [5.41, 5.74) is -3.04. The molecule has 0 radical (unpaired) electrons. The summed E-state index contributed by atoms with van der Waals surface area (Å²) in [6, 6.07) is 9.53. The Labute approximate surface area is 238 Å². The van der Waals surface area contributed by atoms with Crippen molar-refractivity contribution in [3.63, 3.8) is 0 Å². The minimum atomic E-state index is -5.07. The molecule has 1 amide bonds. The molecule has 1 aliphatic rings. The van der Waals surface area contributed by atoms with Crippen molar-refractivity contribution in [2.75, 3.05) is 30.0 Å². The van der Waals surface area contributed by atoms with Crippen LogP contribution in [0.15, 0.2) is 54.7 Å². The number of anilines is 2. The molecule has 0 unspecified atom stereocenters. The maximum atomic E-state index is 13.9. The minimum absolute atomic E-state index is 0.0233. The van der Waals surface area contributed by atoms with Crippen molar-refractivity contribution in [1.82, 2.24) is 4.98 Å². The molecule has 0 bridgehead atoms. The first-order chi connectivity index (χ1) is 19.4. The van der Waals surface area contributed by atoms with Gasteiger partial charge in [0.05, 0.1) is 47.6 Å². The number of aryl methyl sites for hydroxylation is 1. The van der Waals surface area contributed by atoms with Gasteiger partial charge in [0.15, 0.2) is 5.78 Å². The molecule has 42 heavy (non-hydrogen) atoms. The number of alkyl halides is 6. The summed E-state index contributed by atoms with van der Waals surface area (Å²) in [5.74, 6) is -0.482. The molecule has 3 aromatic rings. The van der Waals surface area contributed by atoms with Crippen LogP contribution in [0.5, 0.6) is 0 Å². The van der Waals surface area contributed by atoms with Crippen molar-refractivity contribution in [3.8, 4) is 11.1 Å². The van der Waals surface area contributed by atoms with Gasteiger partial charge >= 0.3 is 12.4 Å². The van der Waals surface area contributed by atoms with Crippen molar-refractivity contribution in [2.45, 2.75) is 51.0 Å². The Morgan fingerprint density at radius 1 is 0.976 bits per heavy atom. The third-order valence-electron chi connectivity index (χ3n) is 7.57. The molecule has 1 saturated heterocycles. The van der Waals surface area contributed by atoms with Gasteiger partial charge in [0.1, 0.15) is 5.82 Å². The monoisotopic (exact) mass is 593 g/mol. The lowest BCUT2D eigenvalue weighted by atomic mass is 9.81. The van der Waals surface area contributed by atoms with Crippen LogP contribution in [0.2, 0.25) is 0 Å². The van der Waals surface area contributed by atoms with Crippen LogP contribution in [-0.2, 0) is 27.4 Å². The quantitative estimate of drug-likeness (QED) is 0.346. The zero-order valence-corrected chi connectivity index (χ0v) is 23.3. The SMILES string of the molecule is Cc1ccccc1-c1cc(N2CC(=O)C[C@H]2CO)ncc1N(C)C(=O)C(C)(C)c1cc(C(F)(F)F)cc(C(F)(F)F)c1. The van der Waals surface area contributed by atoms with Crippen molar-refractivity contribution in [3.05, 3.63) is 77.0 Å². The van der Waals surface area contributed by atoms with E-state index < -0.39 is 46.4 Å². The van der Waals surface area contributed by atoms with Gasteiger partial charge in [-0.25, -0.2) is 4.98 Å². The van der Waals surface area contributed by atoms with E-state index in [1.807, 2.05) is 19.1 Å². The number of hydrogen-bond acceptors (Lipinski definition) is 5. The van der Waals surface area contributed by atoms with Crippen LogP contribution in [0, 0.1) is 6.92 Å². The number of aliphatic hydroxyl groups is 1. The van der Waals surface area contributed by atoms with Gasteiger partial charge in [0.2, 0.25) is 5.91 Å². The minimum Gasteiger partial charge on any atom is -0.394 e. The number of carbonyl (C=O) groups is 2.